The molecule has 2 saturated carbocycles. The number of fused-ring (bicyclic) bond motifs is 2. The van der Waals surface area contributed by atoms with E-state index >= 15 is 0 Å². The number of halogens is 5. The Morgan fingerprint density at radius 1 is 0.778 bits per heavy atom. The fourth-order valence-electron chi connectivity index (χ4n) is 5.89. The van der Waals surface area contributed by atoms with Gasteiger partial charge in [0.05, 0.1) is 0 Å². The van der Waals surface area contributed by atoms with Gasteiger partial charge in [0.2, 0.25) is 5.82 Å². The highest BCUT2D eigenvalue weighted by Gasteiger charge is 2.67. The first-order chi connectivity index (χ1) is 12.6. The van der Waals surface area contributed by atoms with Crippen molar-refractivity contribution in [3.05, 3.63) is 70.5 Å². The molecule has 2 aliphatic rings. The molecule has 27 heavy (non-hydrogen) atoms. The fraction of sp³-hybridized carbons (Fsp3) is 0.455. The van der Waals surface area contributed by atoms with Crippen molar-refractivity contribution in [2.45, 2.75) is 45.4 Å². The molecule has 2 aromatic carbocycles. The summed E-state index contributed by atoms with van der Waals surface area (Å²) in [6, 6.07) is 9.29. The van der Waals surface area contributed by atoms with Crippen LogP contribution in [0.15, 0.2) is 30.3 Å². The lowest BCUT2D eigenvalue weighted by Crippen LogP contribution is -2.32. The standard InChI is InChI=1S/C22H21F5/c1-21(2)12-9-10-22(21,3)15(11-7-5-4-6-8-11)13(12)14-16(23)18(25)20(27)19(26)17(14)24/h4-8,12-13,15H,9-10H2,1-3H3/t12?,13?,15-,22?/m1/s1. The molecule has 2 fully saturated rings. The molecule has 2 bridgehead atoms. The molecule has 4 atom stereocenters. The third-order valence-electron chi connectivity index (χ3n) is 7.59. The summed E-state index contributed by atoms with van der Waals surface area (Å²) >= 11 is 0. The summed E-state index contributed by atoms with van der Waals surface area (Å²) in [6.07, 6.45) is 1.56. The van der Waals surface area contributed by atoms with E-state index < -0.39 is 40.6 Å². The zero-order valence-corrected chi connectivity index (χ0v) is 15.4. The van der Waals surface area contributed by atoms with Crippen LogP contribution in [0.5, 0.6) is 0 Å². The van der Waals surface area contributed by atoms with Crippen LogP contribution < -0.4 is 0 Å². The van der Waals surface area contributed by atoms with Crippen LogP contribution in [-0.4, -0.2) is 0 Å². The van der Waals surface area contributed by atoms with Gasteiger partial charge in [-0.05, 0) is 41.1 Å². The summed E-state index contributed by atoms with van der Waals surface area (Å²) in [7, 11) is 0. The Labute approximate surface area is 155 Å². The van der Waals surface area contributed by atoms with Gasteiger partial charge < -0.3 is 0 Å². The van der Waals surface area contributed by atoms with Gasteiger partial charge in [0.1, 0.15) is 0 Å². The number of rotatable bonds is 2. The number of hydrogen-bond acceptors (Lipinski definition) is 0. The molecule has 0 heterocycles. The SMILES string of the molecule is CC1(C)C2CCC1(C)[C@H](c1ccccc1)C2c1c(F)c(F)c(F)c(F)c1F. The quantitative estimate of drug-likeness (QED) is 0.309. The van der Waals surface area contributed by atoms with Crippen LogP contribution in [0.2, 0.25) is 0 Å². The lowest BCUT2D eigenvalue weighted by molar-refractivity contribution is 0.134. The van der Waals surface area contributed by atoms with Crippen LogP contribution in [-0.2, 0) is 0 Å². The molecule has 0 radical (unpaired) electrons. The van der Waals surface area contributed by atoms with Gasteiger partial charge in [0.25, 0.3) is 0 Å². The highest BCUT2D eigenvalue weighted by atomic mass is 19.2. The Balaban J connectivity index is 2.00. The van der Waals surface area contributed by atoms with Crippen molar-refractivity contribution in [1.82, 2.24) is 0 Å². The molecular formula is C22H21F5. The van der Waals surface area contributed by atoms with E-state index in [9.17, 15) is 22.0 Å². The molecule has 0 saturated heterocycles. The Hall–Kier alpha value is -1.91. The summed E-state index contributed by atoms with van der Waals surface area (Å²) in [5, 5.41) is 0. The van der Waals surface area contributed by atoms with Gasteiger partial charge in [-0.15, -0.1) is 0 Å². The number of benzene rings is 2. The first-order valence-corrected chi connectivity index (χ1v) is 9.19. The molecule has 0 spiro atoms. The molecule has 0 aromatic heterocycles. The average molecular weight is 380 g/mol. The van der Waals surface area contributed by atoms with E-state index in [1.165, 1.54) is 0 Å². The van der Waals surface area contributed by atoms with E-state index in [1.54, 1.807) is 0 Å². The van der Waals surface area contributed by atoms with Crippen LogP contribution in [0.25, 0.3) is 0 Å². The lowest BCUT2D eigenvalue weighted by Gasteiger charge is -2.41. The Morgan fingerprint density at radius 3 is 1.85 bits per heavy atom. The van der Waals surface area contributed by atoms with Crippen molar-refractivity contribution in [2.75, 3.05) is 0 Å². The third-order valence-corrected chi connectivity index (χ3v) is 7.59. The van der Waals surface area contributed by atoms with Gasteiger partial charge >= 0.3 is 0 Å². The second-order valence-electron chi connectivity index (χ2n) is 8.68. The maximum atomic E-state index is 14.7. The van der Waals surface area contributed by atoms with Crippen molar-refractivity contribution in [2.24, 2.45) is 16.7 Å². The van der Waals surface area contributed by atoms with Crippen LogP contribution in [0, 0.1) is 45.8 Å². The van der Waals surface area contributed by atoms with Crippen molar-refractivity contribution in [1.29, 1.82) is 0 Å². The van der Waals surface area contributed by atoms with E-state index in [1.807, 2.05) is 44.2 Å². The van der Waals surface area contributed by atoms with E-state index in [4.69, 9.17) is 0 Å². The van der Waals surface area contributed by atoms with Crippen LogP contribution >= 0.6 is 0 Å². The highest BCUT2D eigenvalue weighted by Crippen LogP contribution is 2.75. The molecule has 2 aromatic rings. The fourth-order valence-corrected chi connectivity index (χ4v) is 5.89. The van der Waals surface area contributed by atoms with E-state index in [0.717, 1.165) is 12.0 Å². The molecule has 0 aliphatic heterocycles. The first kappa shape index (κ1) is 18.5. The Morgan fingerprint density at radius 2 is 1.30 bits per heavy atom. The minimum absolute atomic E-state index is 0.166. The highest BCUT2D eigenvalue weighted by molar-refractivity contribution is 5.40. The summed E-state index contributed by atoms with van der Waals surface area (Å²) in [5.41, 5.74) is -0.367. The minimum atomic E-state index is -2.10. The van der Waals surface area contributed by atoms with Crippen molar-refractivity contribution >= 4 is 0 Å². The van der Waals surface area contributed by atoms with Crippen molar-refractivity contribution in [3.63, 3.8) is 0 Å². The predicted octanol–water partition coefficient (Wildman–Crippen LogP) is 6.71. The van der Waals surface area contributed by atoms with E-state index in [2.05, 4.69) is 6.92 Å². The summed E-state index contributed by atoms with van der Waals surface area (Å²) < 4.78 is 70.9. The molecule has 5 heteroatoms. The zero-order chi connectivity index (χ0) is 19.7. The molecule has 0 N–H and O–H groups in total. The average Bonchev–Trinajstić information content (AvgIpc) is 2.97. The minimum Gasteiger partial charge on any atom is -0.203 e. The first-order valence-electron chi connectivity index (χ1n) is 9.19. The lowest BCUT2D eigenvalue weighted by atomic mass is 9.63. The molecule has 2 aliphatic carbocycles. The maximum absolute atomic E-state index is 14.7. The smallest absolute Gasteiger partial charge is 0.200 e. The Bertz CT molecular complexity index is 876. The molecule has 4 rings (SSSR count). The van der Waals surface area contributed by atoms with Crippen LogP contribution in [0.3, 0.4) is 0 Å². The molecule has 3 unspecified atom stereocenters. The molecule has 0 amide bonds. The number of hydrogen-bond donors (Lipinski definition) is 0. The molecule has 0 nitrogen and oxygen atoms in total. The van der Waals surface area contributed by atoms with Gasteiger partial charge in [-0.3, -0.25) is 0 Å². The molecular weight excluding hydrogens is 359 g/mol. The predicted molar refractivity (Wildman–Crippen MR) is 92.8 cm³/mol. The van der Waals surface area contributed by atoms with Gasteiger partial charge in [0, 0.05) is 11.5 Å². The monoisotopic (exact) mass is 380 g/mol. The normalized spacial score (nSPS) is 31.5. The van der Waals surface area contributed by atoms with Gasteiger partial charge in [-0.1, -0.05) is 51.1 Å². The largest absolute Gasteiger partial charge is 0.203 e. The van der Waals surface area contributed by atoms with E-state index in [0.29, 0.717) is 6.42 Å². The summed E-state index contributed by atoms with van der Waals surface area (Å²) in [4.78, 5) is 0. The van der Waals surface area contributed by atoms with Crippen LogP contribution in [0.4, 0.5) is 22.0 Å². The Kier molecular flexibility index (Phi) is 3.96. The second-order valence-corrected chi connectivity index (χ2v) is 8.68. The summed E-state index contributed by atoms with van der Waals surface area (Å²) in [5.74, 6) is -10.4. The van der Waals surface area contributed by atoms with Crippen molar-refractivity contribution in [3.8, 4) is 0 Å². The second kappa shape index (κ2) is 5.79. The van der Waals surface area contributed by atoms with E-state index in [-0.39, 0.29) is 22.7 Å². The van der Waals surface area contributed by atoms with Gasteiger partial charge in [0.15, 0.2) is 23.3 Å². The molecule has 144 valence electrons. The van der Waals surface area contributed by atoms with Crippen molar-refractivity contribution < 1.29 is 22.0 Å². The van der Waals surface area contributed by atoms with Crippen LogP contribution in [0.1, 0.15) is 56.6 Å². The third kappa shape index (κ3) is 2.20. The topological polar surface area (TPSA) is 0 Å². The summed E-state index contributed by atoms with van der Waals surface area (Å²) in [6.45, 7) is 6.18. The maximum Gasteiger partial charge on any atom is 0.200 e. The van der Waals surface area contributed by atoms with Gasteiger partial charge in [-0.2, -0.15) is 0 Å². The zero-order valence-electron chi connectivity index (χ0n) is 15.4. The van der Waals surface area contributed by atoms with Gasteiger partial charge in [-0.25, -0.2) is 22.0 Å².